The Balaban J connectivity index is 1.85. The van der Waals surface area contributed by atoms with Gasteiger partial charge in [-0.2, -0.15) is 0 Å². The Morgan fingerprint density at radius 3 is 2.85 bits per heavy atom. The molecule has 0 saturated heterocycles. The highest BCUT2D eigenvalue weighted by Crippen LogP contribution is 2.39. The largest absolute Gasteiger partial charge is 0.494 e. The van der Waals surface area contributed by atoms with Gasteiger partial charge < -0.3 is 14.6 Å². The van der Waals surface area contributed by atoms with Gasteiger partial charge in [0.05, 0.1) is 12.6 Å². The fourth-order valence-electron chi connectivity index (χ4n) is 4.15. The van der Waals surface area contributed by atoms with Crippen LogP contribution in [0.25, 0.3) is 10.9 Å². The van der Waals surface area contributed by atoms with Crippen LogP contribution in [-0.2, 0) is 11.2 Å². The summed E-state index contributed by atoms with van der Waals surface area (Å²) in [4.78, 5) is 18.5. The van der Waals surface area contributed by atoms with Crippen LogP contribution in [0.15, 0.2) is 48.5 Å². The van der Waals surface area contributed by atoms with Crippen molar-refractivity contribution < 1.29 is 9.53 Å². The fraction of sp³-hybridized carbons (Fsp3) is 0.348. The second kappa shape index (κ2) is 7.47. The van der Waals surface area contributed by atoms with Crippen LogP contribution < -0.4 is 4.74 Å². The number of rotatable bonds is 5. The summed E-state index contributed by atoms with van der Waals surface area (Å²) < 4.78 is 5.71. The van der Waals surface area contributed by atoms with E-state index in [1.807, 2.05) is 24.0 Å². The predicted octanol–water partition coefficient (Wildman–Crippen LogP) is 4.84. The van der Waals surface area contributed by atoms with Crippen molar-refractivity contribution in [1.82, 2.24) is 9.88 Å². The molecule has 1 atom stereocenters. The smallest absolute Gasteiger partial charge is 0.223 e. The Labute approximate surface area is 160 Å². The van der Waals surface area contributed by atoms with Crippen molar-refractivity contribution in [2.45, 2.75) is 39.2 Å². The first kappa shape index (κ1) is 17.7. The van der Waals surface area contributed by atoms with E-state index < -0.39 is 0 Å². The first-order valence-electron chi connectivity index (χ1n) is 9.84. The Morgan fingerprint density at radius 2 is 2.04 bits per heavy atom. The maximum Gasteiger partial charge on any atom is 0.223 e. The molecule has 0 spiro atoms. The van der Waals surface area contributed by atoms with Crippen LogP contribution in [0.4, 0.5) is 0 Å². The van der Waals surface area contributed by atoms with E-state index in [0.717, 1.165) is 41.9 Å². The van der Waals surface area contributed by atoms with Gasteiger partial charge in [0.25, 0.3) is 0 Å². The molecule has 2 heterocycles. The van der Waals surface area contributed by atoms with Crippen molar-refractivity contribution in [3.05, 3.63) is 65.4 Å². The van der Waals surface area contributed by atoms with Crippen LogP contribution in [0.3, 0.4) is 0 Å². The monoisotopic (exact) mass is 362 g/mol. The van der Waals surface area contributed by atoms with Crippen LogP contribution in [0, 0.1) is 0 Å². The highest BCUT2D eigenvalue weighted by atomic mass is 16.5. The van der Waals surface area contributed by atoms with E-state index in [-0.39, 0.29) is 11.9 Å². The zero-order valence-electron chi connectivity index (χ0n) is 16.0. The quantitative estimate of drug-likeness (QED) is 0.706. The van der Waals surface area contributed by atoms with Gasteiger partial charge in [-0.3, -0.25) is 4.79 Å². The Kier molecular flexibility index (Phi) is 4.88. The minimum Gasteiger partial charge on any atom is -0.494 e. The SMILES string of the molecule is CCCC(=O)N1CCc2c([nH]c3ccccc23)C1c1cccc(OCC)c1. The van der Waals surface area contributed by atoms with Crippen LogP contribution in [0.5, 0.6) is 5.75 Å². The first-order chi connectivity index (χ1) is 13.2. The molecule has 1 aliphatic heterocycles. The molecule has 0 radical (unpaired) electrons. The van der Waals surface area contributed by atoms with Gasteiger partial charge in [0.1, 0.15) is 5.75 Å². The van der Waals surface area contributed by atoms with E-state index in [1.165, 1.54) is 10.9 Å². The van der Waals surface area contributed by atoms with Crippen LogP contribution >= 0.6 is 0 Å². The molecule has 27 heavy (non-hydrogen) atoms. The number of benzene rings is 2. The lowest BCUT2D eigenvalue weighted by atomic mass is 9.92. The third-order valence-electron chi connectivity index (χ3n) is 5.30. The van der Waals surface area contributed by atoms with Crippen LogP contribution in [-0.4, -0.2) is 28.9 Å². The number of nitrogens with one attached hydrogen (secondary N) is 1. The number of hydrogen-bond donors (Lipinski definition) is 1. The molecule has 0 bridgehead atoms. The van der Waals surface area contributed by atoms with E-state index >= 15 is 0 Å². The standard InChI is InChI=1S/C23H26N2O2/c1-3-8-21(26)25-14-13-19-18-11-5-6-12-20(18)24-22(19)23(25)16-9-7-10-17(15-16)27-4-2/h5-7,9-12,15,23-24H,3-4,8,13-14H2,1-2H3. The number of aromatic amines is 1. The molecule has 1 amide bonds. The lowest BCUT2D eigenvalue weighted by molar-refractivity contribution is -0.133. The summed E-state index contributed by atoms with van der Waals surface area (Å²) in [5, 5.41) is 1.26. The molecule has 1 N–H and O–H groups in total. The van der Waals surface area contributed by atoms with Gasteiger partial charge in [0.2, 0.25) is 5.91 Å². The number of fused-ring (bicyclic) bond motifs is 3. The van der Waals surface area contributed by atoms with Crippen molar-refractivity contribution in [3.8, 4) is 5.75 Å². The molecule has 0 aliphatic carbocycles. The van der Waals surface area contributed by atoms with Gasteiger partial charge in [-0.1, -0.05) is 37.3 Å². The number of carbonyl (C=O) groups excluding carboxylic acids is 1. The lowest BCUT2D eigenvalue weighted by Crippen LogP contribution is -2.40. The van der Waals surface area contributed by atoms with Gasteiger partial charge >= 0.3 is 0 Å². The second-order valence-electron chi connectivity index (χ2n) is 7.06. The van der Waals surface area contributed by atoms with E-state index in [1.54, 1.807) is 0 Å². The van der Waals surface area contributed by atoms with Crippen molar-refractivity contribution in [1.29, 1.82) is 0 Å². The fourth-order valence-corrected chi connectivity index (χ4v) is 4.15. The molecular weight excluding hydrogens is 336 g/mol. The van der Waals surface area contributed by atoms with Gasteiger partial charge in [-0.05, 0) is 49.1 Å². The molecular formula is C23H26N2O2. The molecule has 1 unspecified atom stereocenters. The lowest BCUT2D eigenvalue weighted by Gasteiger charge is -2.36. The number of hydrogen-bond acceptors (Lipinski definition) is 2. The number of carbonyl (C=O) groups is 1. The van der Waals surface area contributed by atoms with E-state index in [0.29, 0.717) is 13.0 Å². The van der Waals surface area contributed by atoms with Crippen molar-refractivity contribution >= 4 is 16.8 Å². The Morgan fingerprint density at radius 1 is 1.19 bits per heavy atom. The average Bonchev–Trinajstić information content (AvgIpc) is 3.06. The van der Waals surface area contributed by atoms with Crippen molar-refractivity contribution in [3.63, 3.8) is 0 Å². The van der Waals surface area contributed by atoms with E-state index in [4.69, 9.17) is 4.74 Å². The van der Waals surface area contributed by atoms with Gasteiger partial charge in [-0.15, -0.1) is 0 Å². The molecule has 2 aromatic carbocycles. The number of H-pyrrole nitrogens is 1. The molecule has 1 aliphatic rings. The number of aromatic nitrogens is 1. The van der Waals surface area contributed by atoms with Crippen LogP contribution in [0.1, 0.15) is 49.6 Å². The minimum absolute atomic E-state index is 0.0967. The topological polar surface area (TPSA) is 45.3 Å². The van der Waals surface area contributed by atoms with E-state index in [9.17, 15) is 4.79 Å². The second-order valence-corrected chi connectivity index (χ2v) is 7.06. The van der Waals surface area contributed by atoms with Gasteiger partial charge in [0.15, 0.2) is 0 Å². The molecule has 4 heteroatoms. The number of para-hydroxylation sites is 1. The van der Waals surface area contributed by atoms with Gasteiger partial charge in [0, 0.05) is 29.6 Å². The summed E-state index contributed by atoms with van der Waals surface area (Å²) >= 11 is 0. The minimum atomic E-state index is -0.0967. The molecule has 4 nitrogen and oxygen atoms in total. The summed E-state index contributed by atoms with van der Waals surface area (Å²) in [6, 6.07) is 16.5. The summed E-state index contributed by atoms with van der Waals surface area (Å²) in [5.41, 5.74) is 4.70. The molecule has 3 aromatic rings. The normalized spacial score (nSPS) is 16.4. The molecule has 0 fully saturated rings. The number of ether oxygens (including phenoxy) is 1. The number of amides is 1. The third kappa shape index (κ3) is 3.20. The molecule has 140 valence electrons. The number of nitrogens with zero attached hydrogens (tertiary/aromatic N) is 1. The maximum atomic E-state index is 12.9. The summed E-state index contributed by atoms with van der Waals surface area (Å²) in [7, 11) is 0. The summed E-state index contributed by atoms with van der Waals surface area (Å²) in [5.74, 6) is 1.06. The zero-order valence-corrected chi connectivity index (χ0v) is 16.0. The molecule has 4 rings (SSSR count). The van der Waals surface area contributed by atoms with Crippen molar-refractivity contribution in [2.24, 2.45) is 0 Å². The Bertz CT molecular complexity index is 960. The maximum absolute atomic E-state index is 12.9. The van der Waals surface area contributed by atoms with Gasteiger partial charge in [-0.25, -0.2) is 0 Å². The molecule has 0 saturated carbocycles. The highest BCUT2D eigenvalue weighted by molar-refractivity contribution is 5.86. The third-order valence-corrected chi connectivity index (χ3v) is 5.30. The first-order valence-corrected chi connectivity index (χ1v) is 9.84. The average molecular weight is 362 g/mol. The van der Waals surface area contributed by atoms with Crippen molar-refractivity contribution in [2.75, 3.05) is 13.2 Å². The van der Waals surface area contributed by atoms with E-state index in [2.05, 4.69) is 48.3 Å². The van der Waals surface area contributed by atoms with Crippen LogP contribution in [0.2, 0.25) is 0 Å². The highest BCUT2D eigenvalue weighted by Gasteiger charge is 2.34. The predicted molar refractivity (Wildman–Crippen MR) is 108 cm³/mol. The zero-order chi connectivity index (χ0) is 18.8. The Hall–Kier alpha value is -2.75. The summed E-state index contributed by atoms with van der Waals surface area (Å²) in [6.45, 7) is 5.42. The molecule has 1 aromatic heterocycles. The summed E-state index contributed by atoms with van der Waals surface area (Å²) in [6.07, 6.45) is 2.33.